The summed E-state index contributed by atoms with van der Waals surface area (Å²) in [5, 5.41) is 3.53. The van der Waals surface area contributed by atoms with Crippen LogP contribution in [-0.2, 0) is 19.1 Å². The molecular weight excluding hydrogens is 889 g/mol. The molecule has 12 heteroatoms. The van der Waals surface area contributed by atoms with Gasteiger partial charge in [0.1, 0.15) is 34.5 Å². The molecule has 0 saturated carbocycles. The van der Waals surface area contributed by atoms with Gasteiger partial charge >= 0.3 is 24.2 Å². The molecule has 8 rings (SSSR count). The van der Waals surface area contributed by atoms with Gasteiger partial charge in [0.05, 0.1) is 26.4 Å². The van der Waals surface area contributed by atoms with E-state index in [9.17, 15) is 19.2 Å². The van der Waals surface area contributed by atoms with Gasteiger partial charge in [0.2, 0.25) is 0 Å². The summed E-state index contributed by atoms with van der Waals surface area (Å²) in [7, 11) is 0. The van der Waals surface area contributed by atoms with E-state index >= 15 is 0 Å². The zero-order valence-electron chi connectivity index (χ0n) is 38.7. The fourth-order valence-corrected chi connectivity index (χ4v) is 7.66. The molecule has 0 bridgehead atoms. The minimum absolute atomic E-state index is 0.282. The summed E-state index contributed by atoms with van der Waals surface area (Å²) in [5.41, 5.74) is 5.55. The lowest BCUT2D eigenvalue weighted by Crippen LogP contribution is -2.13. The number of benzene rings is 8. The summed E-state index contributed by atoms with van der Waals surface area (Å²) in [6, 6.07) is 52.3. The number of rotatable bonds is 19. The molecule has 0 N–H and O–H groups in total. The Bertz CT molecular complexity index is 2860. The molecule has 0 radical (unpaired) electrons. The molecule has 354 valence electrons. The predicted octanol–water partition coefficient (Wildman–Crippen LogP) is 13.6. The molecule has 0 aromatic heterocycles. The van der Waals surface area contributed by atoms with Crippen LogP contribution in [0.4, 0.5) is 9.59 Å². The highest BCUT2D eigenvalue weighted by Crippen LogP contribution is 2.37. The first-order chi connectivity index (χ1) is 34.1. The average Bonchev–Trinajstić information content (AvgIpc) is 3.36. The van der Waals surface area contributed by atoms with Crippen LogP contribution in [0.25, 0.3) is 54.9 Å². The lowest BCUT2D eigenvalue weighted by molar-refractivity contribution is -0.142. The van der Waals surface area contributed by atoms with Gasteiger partial charge in [-0.05, 0) is 153 Å². The lowest BCUT2D eigenvalue weighted by Gasteiger charge is -2.13. The first-order valence-corrected chi connectivity index (χ1v) is 22.9. The van der Waals surface area contributed by atoms with Crippen molar-refractivity contribution < 1.29 is 57.1 Å². The van der Waals surface area contributed by atoms with Crippen molar-refractivity contribution in [3.63, 3.8) is 0 Å². The van der Waals surface area contributed by atoms with Crippen LogP contribution in [0, 0.1) is 0 Å². The molecule has 0 heterocycles. The molecular formula is C58H50O12. The van der Waals surface area contributed by atoms with Crippen LogP contribution in [0.15, 0.2) is 170 Å². The number of fused-ring (bicyclic) bond motifs is 2. The standard InChI is InChI=1S/C58H50O12/c1-39(59)63-33-3-5-35-65-47-23-13-41(14-24-47)43-17-27-49(28-18-43)67-57(61)69-51-31-21-45-9-7-11-53(55(45)37-51)54-12-8-10-46-22-32-52(38-56(46)54)70-58(62)68-50-29-19-44(20-30-50)42-15-25-48(26-16-42)66-36-6-4-34-64-40(2)60/h7-32,37-38H,3-6,33-36H2,1-2H3. The largest absolute Gasteiger partial charge is 0.519 e. The highest BCUT2D eigenvalue weighted by atomic mass is 16.7. The molecule has 0 aliphatic rings. The molecule has 0 aliphatic heterocycles. The maximum absolute atomic E-state index is 13.1. The SMILES string of the molecule is CC(=O)OCCCCOc1ccc(-c2ccc(OC(=O)Oc3ccc4cccc(-c5cccc6ccc(OC(=O)Oc7ccc(-c8ccc(OCCCCOC(C)=O)cc8)cc7)cc56)c4c3)cc2)cc1. The van der Waals surface area contributed by atoms with Crippen molar-refractivity contribution in [3.05, 3.63) is 170 Å². The highest BCUT2D eigenvalue weighted by molar-refractivity contribution is 6.06. The minimum atomic E-state index is -0.882. The third-order valence-electron chi connectivity index (χ3n) is 11.1. The Kier molecular flexibility index (Phi) is 16.0. The van der Waals surface area contributed by atoms with E-state index in [-0.39, 0.29) is 11.9 Å². The molecule has 12 nitrogen and oxygen atoms in total. The zero-order valence-corrected chi connectivity index (χ0v) is 38.7. The Morgan fingerprint density at radius 2 is 0.657 bits per heavy atom. The Labute approximate surface area is 405 Å². The van der Waals surface area contributed by atoms with Crippen molar-refractivity contribution >= 4 is 45.8 Å². The van der Waals surface area contributed by atoms with Crippen LogP contribution >= 0.6 is 0 Å². The number of carbonyl (C=O) groups is 4. The monoisotopic (exact) mass is 938 g/mol. The zero-order chi connectivity index (χ0) is 48.7. The van der Waals surface area contributed by atoms with Crippen LogP contribution in [-0.4, -0.2) is 50.7 Å². The third-order valence-corrected chi connectivity index (χ3v) is 11.1. The minimum Gasteiger partial charge on any atom is -0.494 e. The maximum Gasteiger partial charge on any atom is 0.519 e. The number of hydrogen-bond donors (Lipinski definition) is 0. The number of hydrogen-bond acceptors (Lipinski definition) is 12. The first-order valence-electron chi connectivity index (χ1n) is 22.9. The molecule has 70 heavy (non-hydrogen) atoms. The summed E-state index contributed by atoms with van der Waals surface area (Å²) < 4.78 is 44.0. The third kappa shape index (κ3) is 13.3. The van der Waals surface area contributed by atoms with Crippen molar-refractivity contribution in [2.45, 2.75) is 39.5 Å². The Morgan fingerprint density at radius 1 is 0.343 bits per heavy atom. The van der Waals surface area contributed by atoms with Crippen molar-refractivity contribution in [2.75, 3.05) is 26.4 Å². The second kappa shape index (κ2) is 23.4. The number of carbonyl (C=O) groups excluding carboxylic acids is 4. The molecule has 0 unspecified atom stereocenters. The Balaban J connectivity index is 0.864. The van der Waals surface area contributed by atoms with Gasteiger partial charge in [0, 0.05) is 13.8 Å². The van der Waals surface area contributed by atoms with Gasteiger partial charge in [0.25, 0.3) is 0 Å². The average molecular weight is 939 g/mol. The quantitative estimate of drug-likeness (QED) is 0.0432. The molecule has 8 aromatic rings. The van der Waals surface area contributed by atoms with Crippen LogP contribution in [0.5, 0.6) is 34.5 Å². The van der Waals surface area contributed by atoms with E-state index in [4.69, 9.17) is 37.9 Å². The van der Waals surface area contributed by atoms with Crippen LogP contribution in [0.1, 0.15) is 39.5 Å². The summed E-state index contributed by atoms with van der Waals surface area (Å²) in [4.78, 5) is 47.9. The fraction of sp³-hybridized carbons (Fsp3) is 0.172. The van der Waals surface area contributed by atoms with Crippen LogP contribution in [0.3, 0.4) is 0 Å². The van der Waals surface area contributed by atoms with Gasteiger partial charge in [-0.3, -0.25) is 9.59 Å². The smallest absolute Gasteiger partial charge is 0.494 e. The Morgan fingerprint density at radius 3 is 1.01 bits per heavy atom. The molecule has 0 saturated heterocycles. The van der Waals surface area contributed by atoms with Crippen LogP contribution < -0.4 is 28.4 Å². The first kappa shape index (κ1) is 47.8. The van der Waals surface area contributed by atoms with Crippen molar-refractivity contribution in [1.82, 2.24) is 0 Å². The number of ether oxygens (including phenoxy) is 8. The molecule has 0 fully saturated rings. The summed E-state index contributed by atoms with van der Waals surface area (Å²) >= 11 is 0. The van der Waals surface area contributed by atoms with E-state index in [2.05, 4.69) is 0 Å². The van der Waals surface area contributed by atoms with Gasteiger partial charge in [-0.2, -0.15) is 0 Å². The van der Waals surface area contributed by atoms with E-state index in [1.54, 1.807) is 48.5 Å². The normalized spacial score (nSPS) is 10.8. The molecule has 8 aromatic carbocycles. The molecule has 0 atom stereocenters. The van der Waals surface area contributed by atoms with Gasteiger partial charge in [-0.1, -0.05) is 97.1 Å². The van der Waals surface area contributed by atoms with Crippen LogP contribution in [0.2, 0.25) is 0 Å². The van der Waals surface area contributed by atoms with Crippen molar-refractivity contribution in [3.8, 4) is 67.9 Å². The molecule has 0 amide bonds. The van der Waals surface area contributed by atoms with Gasteiger partial charge in [-0.25, -0.2) is 9.59 Å². The summed E-state index contributed by atoms with van der Waals surface area (Å²) in [5.74, 6) is 2.18. The molecule has 0 aliphatic carbocycles. The van der Waals surface area contributed by atoms with Gasteiger partial charge < -0.3 is 37.9 Å². The fourth-order valence-electron chi connectivity index (χ4n) is 7.66. The number of esters is 2. The van der Waals surface area contributed by atoms with Gasteiger partial charge in [0.15, 0.2) is 0 Å². The van der Waals surface area contributed by atoms with E-state index in [1.165, 1.54) is 13.8 Å². The molecule has 0 spiro atoms. The topological polar surface area (TPSA) is 142 Å². The Hall–Kier alpha value is -8.64. The van der Waals surface area contributed by atoms with Crippen molar-refractivity contribution in [1.29, 1.82) is 0 Å². The highest BCUT2D eigenvalue weighted by Gasteiger charge is 2.15. The maximum atomic E-state index is 13.1. The van der Waals surface area contributed by atoms with E-state index < -0.39 is 12.3 Å². The summed E-state index contributed by atoms with van der Waals surface area (Å²) in [6.07, 6.45) is 1.24. The second-order valence-corrected chi connectivity index (χ2v) is 16.2. The number of unbranched alkanes of at least 4 members (excludes halogenated alkanes) is 2. The van der Waals surface area contributed by atoms with E-state index in [1.807, 2.05) is 121 Å². The van der Waals surface area contributed by atoms with Crippen molar-refractivity contribution in [2.24, 2.45) is 0 Å². The second-order valence-electron chi connectivity index (χ2n) is 16.2. The van der Waals surface area contributed by atoms with E-state index in [0.29, 0.717) is 49.4 Å². The summed E-state index contributed by atoms with van der Waals surface area (Å²) in [6.45, 7) is 4.60. The lowest BCUT2D eigenvalue weighted by atomic mass is 9.94. The van der Waals surface area contributed by atoms with E-state index in [0.717, 1.165) is 92.1 Å². The van der Waals surface area contributed by atoms with Gasteiger partial charge in [-0.15, -0.1) is 0 Å². The predicted molar refractivity (Wildman–Crippen MR) is 267 cm³/mol.